The quantitative estimate of drug-likeness (QED) is 0.707. The van der Waals surface area contributed by atoms with Crippen LogP contribution in [0, 0.1) is 5.92 Å². The van der Waals surface area contributed by atoms with Gasteiger partial charge in [-0.1, -0.05) is 0 Å². The molecule has 1 fully saturated rings. The van der Waals surface area contributed by atoms with Crippen LogP contribution in [-0.2, 0) is 0 Å². The number of nitrogens with one attached hydrogen (secondary N) is 1. The molecule has 0 aromatic carbocycles. The van der Waals surface area contributed by atoms with Crippen LogP contribution >= 0.6 is 0 Å². The lowest BCUT2D eigenvalue weighted by atomic mass is 10.1. The van der Waals surface area contributed by atoms with Crippen LogP contribution in [0.4, 0.5) is 8.78 Å². The summed E-state index contributed by atoms with van der Waals surface area (Å²) in [6.07, 6.45) is 0.00245. The van der Waals surface area contributed by atoms with Gasteiger partial charge in [0.15, 0.2) is 0 Å². The lowest BCUT2D eigenvalue weighted by Crippen LogP contribution is -2.35. The van der Waals surface area contributed by atoms with Gasteiger partial charge in [-0.3, -0.25) is 0 Å². The Labute approximate surface area is 77.3 Å². The number of aliphatic hydroxyl groups is 1. The molecule has 0 saturated heterocycles. The van der Waals surface area contributed by atoms with E-state index in [1.165, 1.54) is 6.92 Å². The van der Waals surface area contributed by atoms with Gasteiger partial charge in [-0.25, -0.2) is 8.78 Å². The van der Waals surface area contributed by atoms with Gasteiger partial charge in [-0.05, 0) is 38.6 Å². The fraction of sp³-hybridized carbons (Fsp3) is 1.00. The van der Waals surface area contributed by atoms with Crippen molar-refractivity contribution in [2.24, 2.45) is 5.92 Å². The van der Waals surface area contributed by atoms with E-state index in [0.717, 1.165) is 19.3 Å². The fourth-order valence-corrected chi connectivity index (χ4v) is 1.68. The van der Waals surface area contributed by atoms with Gasteiger partial charge in [-0.2, -0.15) is 0 Å². The summed E-state index contributed by atoms with van der Waals surface area (Å²) in [6, 6.07) is -0.738. The molecule has 1 aliphatic carbocycles. The molecule has 0 aromatic rings. The lowest BCUT2D eigenvalue weighted by molar-refractivity contribution is 0.103. The molecule has 0 amide bonds. The van der Waals surface area contributed by atoms with E-state index in [4.69, 9.17) is 0 Å². The molecule has 0 aromatic heterocycles. The van der Waals surface area contributed by atoms with Crippen LogP contribution in [0.25, 0.3) is 0 Å². The Morgan fingerprint density at radius 1 is 1.46 bits per heavy atom. The number of alkyl halides is 2. The second-order valence-electron chi connectivity index (χ2n) is 3.86. The third-order valence-electron chi connectivity index (χ3n) is 2.62. The molecular weight excluding hydrogens is 176 g/mol. The molecule has 0 bridgehead atoms. The van der Waals surface area contributed by atoms with E-state index in [9.17, 15) is 13.9 Å². The van der Waals surface area contributed by atoms with Crippen LogP contribution in [0.15, 0.2) is 0 Å². The maximum atomic E-state index is 12.1. The van der Waals surface area contributed by atoms with E-state index in [1.807, 2.05) is 0 Å². The molecule has 0 spiro atoms. The van der Waals surface area contributed by atoms with E-state index in [0.29, 0.717) is 12.5 Å². The van der Waals surface area contributed by atoms with Crippen molar-refractivity contribution in [3.63, 3.8) is 0 Å². The van der Waals surface area contributed by atoms with Crippen LogP contribution in [0.5, 0.6) is 0 Å². The Morgan fingerprint density at radius 2 is 2.15 bits per heavy atom. The molecule has 0 radical (unpaired) electrons. The first-order valence-corrected chi connectivity index (χ1v) is 4.79. The van der Waals surface area contributed by atoms with Crippen molar-refractivity contribution in [2.45, 2.75) is 44.8 Å². The van der Waals surface area contributed by atoms with Gasteiger partial charge < -0.3 is 10.4 Å². The van der Waals surface area contributed by atoms with Crippen molar-refractivity contribution in [3.8, 4) is 0 Å². The van der Waals surface area contributed by atoms with Gasteiger partial charge in [-0.15, -0.1) is 0 Å². The molecular formula is C9H17F2NO. The number of hydrogen-bond acceptors (Lipinski definition) is 2. The summed E-state index contributed by atoms with van der Waals surface area (Å²) in [7, 11) is 0. The zero-order valence-corrected chi connectivity index (χ0v) is 7.84. The molecule has 0 aliphatic heterocycles. The van der Waals surface area contributed by atoms with Crippen LogP contribution in [0.2, 0.25) is 0 Å². The Kier molecular flexibility index (Phi) is 4.06. The van der Waals surface area contributed by atoms with Gasteiger partial charge in [0.2, 0.25) is 0 Å². The second-order valence-corrected chi connectivity index (χ2v) is 3.86. The van der Waals surface area contributed by atoms with Crippen molar-refractivity contribution in [1.29, 1.82) is 0 Å². The molecule has 3 unspecified atom stereocenters. The molecule has 1 aliphatic rings. The average Bonchev–Trinajstić information content (AvgIpc) is 2.47. The highest BCUT2D eigenvalue weighted by atomic mass is 19.3. The van der Waals surface area contributed by atoms with E-state index in [-0.39, 0.29) is 6.10 Å². The number of aliphatic hydroxyl groups excluding tert-OH is 1. The van der Waals surface area contributed by atoms with Crippen LogP contribution in [-0.4, -0.2) is 30.2 Å². The van der Waals surface area contributed by atoms with Gasteiger partial charge in [0.05, 0.1) is 12.1 Å². The van der Waals surface area contributed by atoms with E-state index >= 15 is 0 Å². The minimum atomic E-state index is -2.30. The van der Waals surface area contributed by atoms with Gasteiger partial charge >= 0.3 is 0 Å². The molecule has 1 saturated carbocycles. The first kappa shape index (κ1) is 10.9. The molecule has 13 heavy (non-hydrogen) atoms. The van der Waals surface area contributed by atoms with Crippen LogP contribution in [0.1, 0.15) is 26.2 Å². The highest BCUT2D eigenvalue weighted by molar-refractivity contribution is 4.77. The zero-order chi connectivity index (χ0) is 9.84. The maximum absolute atomic E-state index is 12.1. The van der Waals surface area contributed by atoms with Gasteiger partial charge in [0.25, 0.3) is 6.43 Å². The summed E-state index contributed by atoms with van der Waals surface area (Å²) in [6.45, 7) is 2.08. The Balaban J connectivity index is 2.12. The first-order chi connectivity index (χ1) is 6.09. The number of halogens is 2. The van der Waals surface area contributed by atoms with Crippen molar-refractivity contribution in [3.05, 3.63) is 0 Å². The van der Waals surface area contributed by atoms with Crippen LogP contribution < -0.4 is 5.32 Å². The van der Waals surface area contributed by atoms with E-state index < -0.39 is 12.5 Å². The summed E-state index contributed by atoms with van der Waals surface area (Å²) in [4.78, 5) is 0. The van der Waals surface area contributed by atoms with Crippen molar-refractivity contribution in [1.82, 2.24) is 5.32 Å². The predicted octanol–water partition coefficient (Wildman–Crippen LogP) is 1.39. The summed E-state index contributed by atoms with van der Waals surface area (Å²) >= 11 is 0. The number of rotatable bonds is 4. The third-order valence-corrected chi connectivity index (χ3v) is 2.62. The van der Waals surface area contributed by atoms with Crippen LogP contribution in [0.3, 0.4) is 0 Å². The monoisotopic (exact) mass is 193 g/mol. The highest BCUT2D eigenvalue weighted by Gasteiger charge is 2.23. The second kappa shape index (κ2) is 4.86. The Morgan fingerprint density at radius 3 is 2.62 bits per heavy atom. The topological polar surface area (TPSA) is 32.3 Å². The SMILES string of the molecule is CC(NCC1CCC(O)C1)C(F)F. The molecule has 1 rings (SSSR count). The molecule has 2 N–H and O–H groups in total. The standard InChI is InChI=1S/C9H17F2NO/c1-6(9(10)11)12-5-7-2-3-8(13)4-7/h6-9,12-13H,2-5H2,1H3. The summed E-state index contributed by atoms with van der Waals surface area (Å²) in [5, 5.41) is 12.0. The fourth-order valence-electron chi connectivity index (χ4n) is 1.68. The van der Waals surface area contributed by atoms with Crippen molar-refractivity contribution >= 4 is 0 Å². The minimum Gasteiger partial charge on any atom is -0.393 e. The summed E-state index contributed by atoms with van der Waals surface area (Å²) in [5.74, 6) is 0.371. The molecule has 2 nitrogen and oxygen atoms in total. The third kappa shape index (κ3) is 3.56. The Bertz CT molecular complexity index is 155. The smallest absolute Gasteiger partial charge is 0.253 e. The Hall–Kier alpha value is -0.220. The summed E-state index contributed by atoms with van der Waals surface area (Å²) < 4.78 is 24.1. The minimum absolute atomic E-state index is 0.214. The predicted molar refractivity (Wildman–Crippen MR) is 46.8 cm³/mol. The largest absolute Gasteiger partial charge is 0.393 e. The van der Waals surface area contributed by atoms with E-state index in [1.54, 1.807) is 0 Å². The normalized spacial score (nSPS) is 31.2. The van der Waals surface area contributed by atoms with Gasteiger partial charge in [0, 0.05) is 0 Å². The average molecular weight is 193 g/mol. The van der Waals surface area contributed by atoms with E-state index in [2.05, 4.69) is 5.32 Å². The molecule has 3 atom stereocenters. The van der Waals surface area contributed by atoms with Crippen molar-refractivity contribution in [2.75, 3.05) is 6.54 Å². The maximum Gasteiger partial charge on any atom is 0.253 e. The van der Waals surface area contributed by atoms with Gasteiger partial charge in [0.1, 0.15) is 0 Å². The van der Waals surface area contributed by atoms with Crippen molar-refractivity contribution < 1.29 is 13.9 Å². The number of hydrogen-bond donors (Lipinski definition) is 2. The lowest BCUT2D eigenvalue weighted by Gasteiger charge is -2.16. The first-order valence-electron chi connectivity index (χ1n) is 4.79. The molecule has 78 valence electrons. The molecule has 4 heteroatoms. The summed E-state index contributed by atoms with van der Waals surface area (Å²) in [5.41, 5.74) is 0. The molecule has 0 heterocycles. The zero-order valence-electron chi connectivity index (χ0n) is 7.84. The highest BCUT2D eigenvalue weighted by Crippen LogP contribution is 2.24.